The van der Waals surface area contributed by atoms with Gasteiger partial charge in [0, 0.05) is 24.2 Å². The van der Waals surface area contributed by atoms with Gasteiger partial charge in [0.25, 0.3) is 0 Å². The minimum atomic E-state index is 0.0673. The molecule has 0 fully saturated rings. The second kappa shape index (κ2) is 13.5. The number of hydrogen-bond donors (Lipinski definition) is 0. The van der Waals surface area contributed by atoms with Crippen molar-refractivity contribution in [2.75, 3.05) is 52.5 Å². The molecule has 0 aliphatic heterocycles. The number of nitrogens with zero attached hydrogens (tertiary/aromatic N) is 2. The van der Waals surface area contributed by atoms with Gasteiger partial charge in [0.05, 0.1) is 0 Å². The number of benzene rings is 2. The second-order valence-corrected chi connectivity index (χ2v) is 9.12. The van der Waals surface area contributed by atoms with Gasteiger partial charge >= 0.3 is 0 Å². The lowest BCUT2D eigenvalue weighted by molar-refractivity contribution is 0.104. The average Bonchev–Trinajstić information content (AvgIpc) is 3.11. The fourth-order valence-electron chi connectivity index (χ4n) is 4.74. The van der Waals surface area contributed by atoms with Gasteiger partial charge in [0.15, 0.2) is 5.78 Å². The van der Waals surface area contributed by atoms with E-state index in [1.165, 1.54) is 0 Å². The predicted octanol–water partition coefficient (Wildman–Crippen LogP) is 5.90. The third-order valence-corrected chi connectivity index (χ3v) is 6.27. The minimum absolute atomic E-state index is 0.0673. The molecule has 0 radical (unpaired) electrons. The van der Waals surface area contributed by atoms with Gasteiger partial charge in [-0.1, -0.05) is 27.7 Å². The molecule has 0 amide bonds. The number of carbonyl (C=O) groups excluding carboxylic acids is 1. The molecule has 186 valence electrons. The summed E-state index contributed by atoms with van der Waals surface area (Å²) in [5.41, 5.74) is 3.39. The van der Waals surface area contributed by atoms with Gasteiger partial charge in [-0.2, -0.15) is 0 Å². The maximum Gasteiger partial charge on any atom is 0.194 e. The van der Waals surface area contributed by atoms with E-state index in [1.807, 2.05) is 36.4 Å². The van der Waals surface area contributed by atoms with E-state index >= 15 is 0 Å². The number of ketones is 1. The molecule has 0 unspecified atom stereocenters. The molecule has 5 heteroatoms. The van der Waals surface area contributed by atoms with E-state index in [0.717, 1.165) is 98.7 Å². The minimum Gasteiger partial charge on any atom is -0.492 e. The summed E-state index contributed by atoms with van der Waals surface area (Å²) in [6.07, 6.45) is 4.60. The lowest BCUT2D eigenvalue weighted by atomic mass is 10.1. The molecule has 34 heavy (non-hydrogen) atoms. The highest BCUT2D eigenvalue weighted by molar-refractivity contribution is 6.22. The molecular formula is C29H42N2O3. The maximum absolute atomic E-state index is 13.0. The van der Waals surface area contributed by atoms with Gasteiger partial charge in [-0.3, -0.25) is 14.6 Å². The number of fused-ring (bicyclic) bond motifs is 3. The topological polar surface area (TPSA) is 42.0 Å². The summed E-state index contributed by atoms with van der Waals surface area (Å²) in [5, 5.41) is 0. The molecule has 0 saturated heterocycles. The fraction of sp³-hybridized carbons (Fsp3) is 0.552. The summed E-state index contributed by atoms with van der Waals surface area (Å²) < 4.78 is 12.1. The Labute approximate surface area is 206 Å². The summed E-state index contributed by atoms with van der Waals surface area (Å²) in [4.78, 5) is 17.9. The van der Waals surface area contributed by atoms with E-state index < -0.39 is 0 Å². The fourth-order valence-corrected chi connectivity index (χ4v) is 4.74. The molecule has 2 aromatic rings. The third-order valence-electron chi connectivity index (χ3n) is 6.27. The van der Waals surface area contributed by atoms with Crippen molar-refractivity contribution in [1.29, 1.82) is 0 Å². The zero-order valence-corrected chi connectivity index (χ0v) is 21.6. The van der Waals surface area contributed by atoms with Crippen molar-refractivity contribution in [3.8, 4) is 22.6 Å². The SMILES string of the molecule is CCCN(CCC)CCOc1ccc2c(c1)C(=O)c1ccc(OCCN(CCC)CCC)cc1-2. The Morgan fingerprint density at radius 3 is 1.47 bits per heavy atom. The number of rotatable bonds is 16. The van der Waals surface area contributed by atoms with E-state index in [2.05, 4.69) is 37.5 Å². The Morgan fingerprint density at radius 1 is 0.559 bits per heavy atom. The Balaban J connectivity index is 1.62. The van der Waals surface area contributed by atoms with Crippen LogP contribution in [0.3, 0.4) is 0 Å². The van der Waals surface area contributed by atoms with E-state index in [1.54, 1.807) is 0 Å². The van der Waals surface area contributed by atoms with Gasteiger partial charge in [0.2, 0.25) is 0 Å². The Kier molecular flexibility index (Phi) is 10.4. The number of hydrogen-bond acceptors (Lipinski definition) is 5. The predicted molar refractivity (Wildman–Crippen MR) is 140 cm³/mol. The van der Waals surface area contributed by atoms with Crippen molar-refractivity contribution < 1.29 is 14.3 Å². The first kappa shape index (κ1) is 26.2. The zero-order chi connectivity index (χ0) is 24.3. The number of ether oxygens (including phenoxy) is 2. The van der Waals surface area contributed by atoms with Gasteiger partial charge < -0.3 is 9.47 Å². The van der Waals surface area contributed by atoms with Gasteiger partial charge in [0.1, 0.15) is 24.7 Å². The van der Waals surface area contributed by atoms with Gasteiger partial charge in [-0.15, -0.1) is 0 Å². The molecule has 2 aromatic carbocycles. The molecule has 0 heterocycles. The van der Waals surface area contributed by atoms with Crippen LogP contribution in [0.25, 0.3) is 11.1 Å². The van der Waals surface area contributed by atoms with Crippen LogP contribution in [0.15, 0.2) is 36.4 Å². The summed E-state index contributed by atoms with van der Waals surface area (Å²) in [6, 6.07) is 11.7. The van der Waals surface area contributed by atoms with Crippen molar-refractivity contribution >= 4 is 5.78 Å². The standard InChI is InChI=1S/C29H42N2O3/c1-5-13-30(14-6-2)17-19-33-23-10-12-26-27(21-23)25-11-9-24(22-28(25)29(26)32)34-20-18-31(15-7-3)16-8-4/h9-12,21-22H,5-8,13-20H2,1-4H3. The third kappa shape index (κ3) is 6.83. The molecule has 0 saturated carbocycles. The van der Waals surface area contributed by atoms with Gasteiger partial charge in [-0.25, -0.2) is 0 Å². The summed E-state index contributed by atoms with van der Waals surface area (Å²) >= 11 is 0. The van der Waals surface area contributed by atoms with E-state index in [4.69, 9.17) is 9.47 Å². The summed E-state index contributed by atoms with van der Waals surface area (Å²) in [5.74, 6) is 1.65. The van der Waals surface area contributed by atoms with Crippen LogP contribution in [-0.2, 0) is 0 Å². The van der Waals surface area contributed by atoms with Gasteiger partial charge in [-0.05, 0) is 99.4 Å². The highest BCUT2D eigenvalue weighted by atomic mass is 16.5. The Morgan fingerprint density at radius 2 is 1.00 bits per heavy atom. The molecule has 1 aliphatic carbocycles. The van der Waals surface area contributed by atoms with Crippen LogP contribution in [0.5, 0.6) is 11.5 Å². The molecule has 0 N–H and O–H groups in total. The monoisotopic (exact) mass is 466 g/mol. The van der Waals surface area contributed by atoms with Crippen LogP contribution in [0, 0.1) is 0 Å². The van der Waals surface area contributed by atoms with Crippen LogP contribution >= 0.6 is 0 Å². The lowest BCUT2D eigenvalue weighted by Gasteiger charge is -2.21. The second-order valence-electron chi connectivity index (χ2n) is 9.12. The smallest absolute Gasteiger partial charge is 0.194 e. The van der Waals surface area contributed by atoms with Crippen LogP contribution in [0.4, 0.5) is 0 Å². The highest BCUT2D eigenvalue weighted by Crippen LogP contribution is 2.40. The van der Waals surface area contributed by atoms with Crippen LogP contribution in [0.1, 0.15) is 69.3 Å². The highest BCUT2D eigenvalue weighted by Gasteiger charge is 2.27. The molecule has 0 atom stereocenters. The van der Waals surface area contributed by atoms with Crippen molar-refractivity contribution in [3.05, 3.63) is 47.5 Å². The van der Waals surface area contributed by atoms with Crippen molar-refractivity contribution in [1.82, 2.24) is 9.80 Å². The summed E-state index contributed by atoms with van der Waals surface area (Å²) in [7, 11) is 0. The molecule has 5 nitrogen and oxygen atoms in total. The van der Waals surface area contributed by atoms with Crippen LogP contribution < -0.4 is 9.47 Å². The number of carbonyl (C=O) groups is 1. The Hall–Kier alpha value is -2.37. The molecule has 0 bridgehead atoms. The molecule has 0 spiro atoms. The molecule has 1 aliphatic rings. The lowest BCUT2D eigenvalue weighted by Crippen LogP contribution is -2.30. The van der Waals surface area contributed by atoms with E-state index in [9.17, 15) is 4.79 Å². The first-order valence-electron chi connectivity index (χ1n) is 13.1. The van der Waals surface area contributed by atoms with Crippen molar-refractivity contribution in [3.63, 3.8) is 0 Å². The van der Waals surface area contributed by atoms with Crippen LogP contribution in [0.2, 0.25) is 0 Å². The van der Waals surface area contributed by atoms with E-state index in [-0.39, 0.29) is 5.78 Å². The van der Waals surface area contributed by atoms with Crippen LogP contribution in [-0.4, -0.2) is 68.1 Å². The maximum atomic E-state index is 13.0. The molecule has 0 aromatic heterocycles. The quantitative estimate of drug-likeness (QED) is 0.263. The zero-order valence-electron chi connectivity index (χ0n) is 21.6. The van der Waals surface area contributed by atoms with Crippen molar-refractivity contribution in [2.24, 2.45) is 0 Å². The summed E-state index contributed by atoms with van der Waals surface area (Å²) in [6.45, 7) is 16.3. The molecular weight excluding hydrogens is 424 g/mol. The van der Waals surface area contributed by atoms with Crippen molar-refractivity contribution in [2.45, 2.75) is 53.4 Å². The Bertz CT molecular complexity index is 916. The first-order valence-corrected chi connectivity index (χ1v) is 13.1. The molecule has 3 rings (SSSR count). The normalized spacial score (nSPS) is 12.4. The largest absolute Gasteiger partial charge is 0.492 e. The average molecular weight is 467 g/mol. The first-order chi connectivity index (χ1) is 16.6. The van der Waals surface area contributed by atoms with E-state index in [0.29, 0.717) is 13.2 Å².